The van der Waals surface area contributed by atoms with Crippen LogP contribution >= 0.6 is 11.3 Å². The summed E-state index contributed by atoms with van der Waals surface area (Å²) in [7, 11) is 0. The molecule has 3 aromatic heterocycles. The Bertz CT molecular complexity index is 1350. The number of thiazole rings is 1. The predicted octanol–water partition coefficient (Wildman–Crippen LogP) is 3.50. The van der Waals surface area contributed by atoms with Gasteiger partial charge in [-0.1, -0.05) is 11.3 Å². The summed E-state index contributed by atoms with van der Waals surface area (Å²) in [4.78, 5) is 30.6. The zero-order valence-electron chi connectivity index (χ0n) is 21.2. The minimum absolute atomic E-state index is 0.0894. The molecule has 212 valence electrons. The van der Waals surface area contributed by atoms with E-state index in [1.807, 2.05) is 0 Å². The number of rotatable bonds is 5. The lowest BCUT2D eigenvalue weighted by Gasteiger charge is -2.40. The van der Waals surface area contributed by atoms with E-state index in [4.69, 9.17) is 0 Å². The van der Waals surface area contributed by atoms with Gasteiger partial charge in [-0.3, -0.25) is 4.79 Å². The van der Waals surface area contributed by atoms with Gasteiger partial charge in [0, 0.05) is 43.6 Å². The van der Waals surface area contributed by atoms with E-state index in [-0.39, 0.29) is 54.2 Å². The topological polar surface area (TPSA) is 113 Å². The van der Waals surface area contributed by atoms with Gasteiger partial charge in [-0.25, -0.2) is 24.6 Å². The number of anilines is 1. The number of carbonyl (C=O) groups is 1. The van der Waals surface area contributed by atoms with E-state index in [1.165, 1.54) is 18.5 Å². The fraction of sp³-hybridized carbons (Fsp3) is 0.545. The van der Waals surface area contributed by atoms with Crippen LogP contribution in [0.25, 0.3) is 11.3 Å². The van der Waals surface area contributed by atoms with Gasteiger partial charge in [-0.2, -0.15) is 31.4 Å². The Morgan fingerprint density at radius 2 is 1.69 bits per heavy atom. The van der Waals surface area contributed by atoms with Crippen LogP contribution in [0.4, 0.5) is 31.3 Å². The van der Waals surface area contributed by atoms with E-state index in [0.29, 0.717) is 17.2 Å². The van der Waals surface area contributed by atoms with Crippen molar-refractivity contribution in [1.82, 2.24) is 34.6 Å². The molecule has 0 saturated carbocycles. The number of aliphatic hydroxyl groups is 1. The maximum Gasteiger partial charge on any atom is 0.451 e. The Morgan fingerprint density at radius 3 is 2.21 bits per heavy atom. The zero-order valence-corrected chi connectivity index (χ0v) is 22.0. The summed E-state index contributed by atoms with van der Waals surface area (Å²) in [6, 6.07) is -0.433. The fourth-order valence-electron chi connectivity index (χ4n) is 3.99. The molecule has 1 aliphatic rings. The number of aromatic nitrogens is 6. The van der Waals surface area contributed by atoms with Gasteiger partial charge in [0.1, 0.15) is 28.7 Å². The summed E-state index contributed by atoms with van der Waals surface area (Å²) in [5.74, 6) is -1.12. The van der Waals surface area contributed by atoms with Crippen molar-refractivity contribution < 1.29 is 36.2 Å². The molecule has 17 heteroatoms. The molecule has 4 heterocycles. The molecule has 0 spiro atoms. The van der Waals surface area contributed by atoms with Crippen molar-refractivity contribution in [1.29, 1.82) is 0 Å². The number of carbonyl (C=O) groups excluding carboxylic acids is 1. The van der Waals surface area contributed by atoms with Crippen molar-refractivity contribution in [2.45, 2.75) is 58.2 Å². The van der Waals surface area contributed by atoms with Crippen molar-refractivity contribution in [3.05, 3.63) is 34.9 Å². The molecule has 1 aliphatic heterocycles. The number of nitrogens with zero attached hydrogens (tertiary/aromatic N) is 8. The molecule has 1 unspecified atom stereocenters. The third-order valence-corrected chi connectivity index (χ3v) is 7.12. The molecule has 1 atom stereocenters. The van der Waals surface area contributed by atoms with Crippen molar-refractivity contribution in [3.8, 4) is 11.3 Å². The largest absolute Gasteiger partial charge is 0.451 e. The van der Waals surface area contributed by atoms with Crippen LogP contribution in [-0.4, -0.2) is 71.3 Å². The first-order valence-electron chi connectivity index (χ1n) is 11.6. The minimum atomic E-state index is -4.81. The van der Waals surface area contributed by atoms with Crippen LogP contribution in [0.2, 0.25) is 0 Å². The van der Waals surface area contributed by atoms with Gasteiger partial charge >= 0.3 is 12.4 Å². The molecule has 0 aromatic carbocycles. The number of hydrogen-bond donors (Lipinski definition) is 1. The lowest BCUT2D eigenvalue weighted by molar-refractivity contribution is -0.145. The second kappa shape index (κ2) is 10.0. The van der Waals surface area contributed by atoms with E-state index in [2.05, 4.69) is 25.0 Å². The van der Waals surface area contributed by atoms with Crippen molar-refractivity contribution in [2.24, 2.45) is 0 Å². The third kappa shape index (κ3) is 6.13. The summed E-state index contributed by atoms with van der Waals surface area (Å²) in [6.45, 7) is 6.72. The predicted molar refractivity (Wildman–Crippen MR) is 127 cm³/mol. The molecule has 1 amide bonds. The average molecular weight is 579 g/mol. The molecule has 39 heavy (non-hydrogen) atoms. The maximum absolute atomic E-state index is 13.5. The number of piperazine rings is 1. The number of amides is 1. The van der Waals surface area contributed by atoms with E-state index < -0.39 is 34.8 Å². The van der Waals surface area contributed by atoms with Crippen LogP contribution in [0.5, 0.6) is 0 Å². The lowest BCUT2D eigenvalue weighted by Crippen LogP contribution is -2.54. The van der Waals surface area contributed by atoms with Gasteiger partial charge in [0.2, 0.25) is 16.7 Å². The van der Waals surface area contributed by atoms with Crippen molar-refractivity contribution >= 4 is 22.2 Å². The van der Waals surface area contributed by atoms with Gasteiger partial charge in [0.25, 0.3) is 0 Å². The van der Waals surface area contributed by atoms with Gasteiger partial charge < -0.3 is 14.9 Å². The number of aryl methyl sites for hydroxylation is 1. The van der Waals surface area contributed by atoms with Crippen molar-refractivity contribution in [2.75, 3.05) is 24.5 Å². The van der Waals surface area contributed by atoms with E-state index >= 15 is 0 Å². The van der Waals surface area contributed by atoms with Crippen molar-refractivity contribution in [3.63, 3.8) is 0 Å². The van der Waals surface area contributed by atoms with E-state index in [1.54, 1.807) is 23.6 Å². The van der Waals surface area contributed by atoms with Crippen LogP contribution in [0, 0.1) is 6.92 Å². The highest BCUT2D eigenvalue weighted by molar-refractivity contribution is 7.16. The molecule has 0 aliphatic carbocycles. The second-order valence-electron chi connectivity index (χ2n) is 9.55. The molecule has 0 bridgehead atoms. The summed E-state index contributed by atoms with van der Waals surface area (Å²) in [5.41, 5.74) is -1.58. The van der Waals surface area contributed by atoms with Crippen LogP contribution in [0.15, 0.2) is 12.4 Å². The number of halogens is 6. The summed E-state index contributed by atoms with van der Waals surface area (Å²) < 4.78 is 80.5. The van der Waals surface area contributed by atoms with E-state index in [9.17, 15) is 36.2 Å². The molecule has 1 fully saturated rings. The smallest absolute Gasteiger partial charge is 0.382 e. The molecule has 4 rings (SSSR count). The van der Waals surface area contributed by atoms with Gasteiger partial charge in [0.15, 0.2) is 5.82 Å². The SMILES string of the molecule is Cc1nc(C(C)(C)O)nn1CC(=O)N1CCN(c2sc(C(F)(F)F)nc2-c2cnc(C(F)(F)F)nc2)CC1C. The molecule has 1 N–H and O–H groups in total. The zero-order chi connectivity index (χ0) is 28.9. The molecular formula is C22H24F6N8O2S. The minimum Gasteiger partial charge on any atom is -0.382 e. The highest BCUT2D eigenvalue weighted by Gasteiger charge is 2.39. The molecule has 3 aromatic rings. The van der Waals surface area contributed by atoms with Gasteiger partial charge in [-0.15, -0.1) is 0 Å². The van der Waals surface area contributed by atoms with Gasteiger partial charge in [0.05, 0.1) is 0 Å². The standard InChI is InChI=1S/C22H24F6N8O2S/c1-11-9-34(5-6-35(11)14(37)10-36-12(2)31-17(33-36)20(3,4)38)16-15(32-19(39-16)22(26,27)28)13-7-29-18(30-8-13)21(23,24)25/h7-8,11,38H,5-6,9-10H2,1-4H3. The summed E-state index contributed by atoms with van der Waals surface area (Å²) in [6.07, 6.45) is -7.99. The summed E-state index contributed by atoms with van der Waals surface area (Å²) >= 11 is 0.361. The van der Waals surface area contributed by atoms with E-state index in [0.717, 1.165) is 12.4 Å². The Labute approximate surface area is 222 Å². The quantitative estimate of drug-likeness (QED) is 0.458. The average Bonchev–Trinajstić information content (AvgIpc) is 3.43. The highest BCUT2D eigenvalue weighted by atomic mass is 32.1. The van der Waals surface area contributed by atoms with Crippen LogP contribution in [0.1, 0.15) is 43.3 Å². The fourth-order valence-corrected chi connectivity index (χ4v) is 4.98. The molecular weight excluding hydrogens is 554 g/mol. The number of hydrogen-bond acceptors (Lipinski definition) is 9. The highest BCUT2D eigenvalue weighted by Crippen LogP contribution is 2.43. The third-order valence-electron chi connectivity index (χ3n) is 5.95. The Morgan fingerprint density at radius 1 is 1.05 bits per heavy atom. The van der Waals surface area contributed by atoms with Crippen LogP contribution < -0.4 is 4.90 Å². The number of alkyl halides is 6. The first-order chi connectivity index (χ1) is 17.9. The normalized spacial score (nSPS) is 17.2. The Balaban J connectivity index is 1.55. The lowest BCUT2D eigenvalue weighted by atomic mass is 10.1. The Hall–Kier alpha value is -3.34. The Kier molecular flexibility index (Phi) is 7.35. The van der Waals surface area contributed by atoms with Crippen LogP contribution in [0.3, 0.4) is 0 Å². The summed E-state index contributed by atoms with van der Waals surface area (Å²) in [5, 5.41) is 13.2. The molecule has 10 nitrogen and oxygen atoms in total. The monoisotopic (exact) mass is 578 g/mol. The second-order valence-corrected chi connectivity index (χ2v) is 10.5. The maximum atomic E-state index is 13.5. The van der Waals surface area contributed by atoms with Gasteiger partial charge in [-0.05, 0) is 27.7 Å². The molecule has 1 saturated heterocycles. The first kappa shape index (κ1) is 28.7. The van der Waals surface area contributed by atoms with Crippen LogP contribution in [-0.2, 0) is 29.3 Å². The first-order valence-corrected chi connectivity index (χ1v) is 12.4. The molecule has 0 radical (unpaired) electrons.